The van der Waals surface area contributed by atoms with Gasteiger partial charge in [-0.15, -0.1) is 0 Å². The summed E-state index contributed by atoms with van der Waals surface area (Å²) in [5.41, 5.74) is 4.18. The van der Waals surface area contributed by atoms with Crippen molar-refractivity contribution < 1.29 is 27.9 Å². The van der Waals surface area contributed by atoms with Gasteiger partial charge < -0.3 is 14.4 Å². The van der Waals surface area contributed by atoms with E-state index in [1.807, 2.05) is 25.1 Å². The number of benzene rings is 3. The summed E-state index contributed by atoms with van der Waals surface area (Å²) in [5.74, 6) is -1.88. The highest BCUT2D eigenvalue weighted by molar-refractivity contribution is 7.89. The van der Waals surface area contributed by atoms with Crippen molar-refractivity contribution in [2.45, 2.75) is 44.7 Å². The average Bonchev–Trinajstić information content (AvgIpc) is 3.43. The molecule has 40 heavy (non-hydrogen) atoms. The normalized spacial score (nSPS) is 13.0. The zero-order valence-electron chi connectivity index (χ0n) is 22.3. The van der Waals surface area contributed by atoms with E-state index in [1.165, 1.54) is 43.3 Å². The molecular formula is C29H28ClN3O6S. The van der Waals surface area contributed by atoms with Crippen LogP contribution in [0.4, 0.5) is 0 Å². The fourth-order valence-electron chi connectivity index (χ4n) is 4.45. The van der Waals surface area contributed by atoms with Gasteiger partial charge in [-0.1, -0.05) is 17.7 Å². The van der Waals surface area contributed by atoms with Crippen molar-refractivity contribution in [1.29, 1.82) is 0 Å². The van der Waals surface area contributed by atoms with Crippen molar-refractivity contribution >= 4 is 33.6 Å². The summed E-state index contributed by atoms with van der Waals surface area (Å²) in [7, 11) is -4.05. The number of aromatic nitrogens is 2. The third-order valence-electron chi connectivity index (χ3n) is 6.49. The van der Waals surface area contributed by atoms with Crippen LogP contribution in [-0.4, -0.2) is 41.1 Å². The molecule has 208 valence electrons. The Kier molecular flexibility index (Phi) is 8.43. The number of nitrogens with one attached hydrogen (secondary N) is 1. The van der Waals surface area contributed by atoms with E-state index < -0.39 is 34.1 Å². The third-order valence-corrected chi connectivity index (χ3v) is 8.30. The van der Waals surface area contributed by atoms with E-state index in [4.69, 9.17) is 16.3 Å². The number of halogens is 1. The predicted octanol–water partition coefficient (Wildman–Crippen LogP) is 5.15. The number of carboxylic acid groups (broad SMARTS) is 1. The molecule has 9 nitrogen and oxygen atoms in total. The first kappa shape index (κ1) is 29.0. The van der Waals surface area contributed by atoms with Crippen LogP contribution in [-0.2, 0) is 19.6 Å². The maximum atomic E-state index is 13.4. The van der Waals surface area contributed by atoms with Gasteiger partial charge in [0.25, 0.3) is 0 Å². The molecule has 1 aromatic heterocycles. The van der Waals surface area contributed by atoms with E-state index in [1.54, 1.807) is 37.1 Å². The predicted molar refractivity (Wildman–Crippen MR) is 150 cm³/mol. The summed E-state index contributed by atoms with van der Waals surface area (Å²) in [6, 6.07) is 13.0. The molecule has 0 aliphatic carbocycles. The van der Waals surface area contributed by atoms with Gasteiger partial charge in [0.15, 0.2) is 6.10 Å². The molecule has 3 aromatic carbocycles. The van der Waals surface area contributed by atoms with E-state index in [-0.39, 0.29) is 10.5 Å². The van der Waals surface area contributed by atoms with Crippen LogP contribution in [0.2, 0.25) is 5.02 Å². The molecule has 0 saturated carbocycles. The van der Waals surface area contributed by atoms with Crippen LogP contribution >= 0.6 is 11.6 Å². The van der Waals surface area contributed by atoms with E-state index in [0.29, 0.717) is 27.3 Å². The molecule has 4 aromatic rings. The number of aryl methyl sites for hydroxylation is 3. The molecule has 0 aliphatic heterocycles. The average molecular weight is 582 g/mol. The van der Waals surface area contributed by atoms with Gasteiger partial charge in [0.05, 0.1) is 16.8 Å². The molecule has 0 fully saturated rings. The number of carbonyl (C=O) groups is 2. The third kappa shape index (κ3) is 6.25. The lowest BCUT2D eigenvalue weighted by molar-refractivity contribution is -0.149. The summed E-state index contributed by atoms with van der Waals surface area (Å²) in [6.07, 6.45) is 4.11. The lowest BCUT2D eigenvalue weighted by atomic mass is 9.89. The van der Waals surface area contributed by atoms with Crippen LogP contribution in [0, 0.1) is 20.8 Å². The minimum absolute atomic E-state index is 0.0482. The van der Waals surface area contributed by atoms with Gasteiger partial charge in [0.2, 0.25) is 10.0 Å². The highest BCUT2D eigenvalue weighted by Gasteiger charge is 2.30. The number of carbonyl (C=O) groups excluding carboxylic acids is 1. The Labute approximate surface area is 237 Å². The molecule has 1 heterocycles. The Morgan fingerprint density at radius 3 is 2.23 bits per heavy atom. The Bertz CT molecular complexity index is 1650. The fraction of sp³-hybridized carbons (Fsp3) is 0.207. The summed E-state index contributed by atoms with van der Waals surface area (Å²) in [4.78, 5) is 29.1. The number of ether oxygens (including phenoxy) is 1. The molecule has 2 atom stereocenters. The van der Waals surface area contributed by atoms with Crippen molar-refractivity contribution in [2.24, 2.45) is 0 Å². The fourth-order valence-corrected chi connectivity index (χ4v) is 5.77. The quantitative estimate of drug-likeness (QED) is 0.262. The second-order valence-electron chi connectivity index (χ2n) is 9.45. The number of hydrogen-bond acceptors (Lipinski definition) is 6. The summed E-state index contributed by atoms with van der Waals surface area (Å²) in [6.45, 7) is 6.76. The molecule has 0 amide bonds. The Morgan fingerprint density at radius 2 is 1.65 bits per heavy atom. The lowest BCUT2D eigenvalue weighted by Gasteiger charge is -2.26. The Hall–Kier alpha value is -3.99. The maximum Gasteiger partial charge on any atom is 0.335 e. The molecule has 4 rings (SSSR count). The van der Waals surface area contributed by atoms with Gasteiger partial charge in [-0.3, -0.25) is 4.79 Å². The van der Waals surface area contributed by atoms with Gasteiger partial charge in [-0.25, -0.2) is 18.2 Å². The van der Waals surface area contributed by atoms with Gasteiger partial charge in [-0.05, 0) is 92.9 Å². The minimum atomic E-state index is -4.05. The second kappa shape index (κ2) is 11.6. The number of nitrogens with zero attached hydrogens (tertiary/aromatic N) is 2. The second-order valence-corrected chi connectivity index (χ2v) is 11.6. The van der Waals surface area contributed by atoms with Crippen molar-refractivity contribution in [3.63, 3.8) is 0 Å². The first-order valence-corrected chi connectivity index (χ1v) is 14.1. The number of sulfonamides is 1. The highest BCUT2D eigenvalue weighted by atomic mass is 35.5. The summed E-state index contributed by atoms with van der Waals surface area (Å²) in [5, 5.41) is 9.91. The molecule has 1 unspecified atom stereocenters. The number of aromatic carboxylic acids is 1. The lowest BCUT2D eigenvalue weighted by Crippen LogP contribution is -2.40. The molecular weight excluding hydrogens is 554 g/mol. The molecule has 0 spiro atoms. The van der Waals surface area contributed by atoms with Crippen LogP contribution in [0.1, 0.15) is 51.2 Å². The summed E-state index contributed by atoms with van der Waals surface area (Å²) >= 11 is 5.87. The zero-order valence-corrected chi connectivity index (χ0v) is 23.8. The largest absolute Gasteiger partial charge is 0.478 e. The number of carboxylic acids is 1. The molecule has 0 bridgehead atoms. The number of hydrogen-bond donors (Lipinski definition) is 2. The van der Waals surface area contributed by atoms with Gasteiger partial charge in [0, 0.05) is 34.2 Å². The standard InChI is InChI=1S/C29H28ClN3O6S/c1-17-5-8-23(33-12-11-31-16-33)15-25(17)27(26-18(2)13-21(28(34)35)14-19(26)3)39-29(36)20(4)32-40(37,38)24-9-6-22(30)7-10-24/h5-16,20,27,32H,1-4H3,(H,34,35)/t20-,27?/m0/s1. The molecule has 0 aliphatic rings. The van der Waals surface area contributed by atoms with Crippen LogP contribution in [0.5, 0.6) is 0 Å². The Balaban J connectivity index is 1.74. The highest BCUT2D eigenvalue weighted by Crippen LogP contribution is 2.35. The van der Waals surface area contributed by atoms with E-state index in [2.05, 4.69) is 9.71 Å². The van der Waals surface area contributed by atoms with Crippen molar-refractivity contribution in [1.82, 2.24) is 14.3 Å². The smallest absolute Gasteiger partial charge is 0.335 e. The van der Waals surface area contributed by atoms with E-state index in [0.717, 1.165) is 11.3 Å². The number of rotatable bonds is 9. The summed E-state index contributed by atoms with van der Waals surface area (Å²) < 4.78 is 36.0. The van der Waals surface area contributed by atoms with Gasteiger partial charge in [0.1, 0.15) is 6.04 Å². The first-order chi connectivity index (χ1) is 18.9. The molecule has 2 N–H and O–H groups in total. The van der Waals surface area contributed by atoms with Crippen molar-refractivity contribution in [3.8, 4) is 5.69 Å². The first-order valence-electron chi connectivity index (χ1n) is 12.3. The molecule has 0 saturated heterocycles. The Morgan fingerprint density at radius 1 is 1.00 bits per heavy atom. The number of esters is 1. The van der Waals surface area contributed by atoms with E-state index in [9.17, 15) is 23.1 Å². The van der Waals surface area contributed by atoms with E-state index >= 15 is 0 Å². The van der Waals surface area contributed by atoms with Crippen LogP contribution < -0.4 is 4.72 Å². The SMILES string of the molecule is Cc1ccc(-n2ccnc2)cc1C(OC(=O)[C@H](C)NS(=O)(=O)c1ccc(Cl)cc1)c1c(C)cc(C(=O)O)cc1C. The molecule has 0 radical (unpaired) electrons. The zero-order chi connectivity index (χ0) is 29.2. The topological polar surface area (TPSA) is 128 Å². The van der Waals surface area contributed by atoms with Gasteiger partial charge >= 0.3 is 11.9 Å². The van der Waals surface area contributed by atoms with Crippen molar-refractivity contribution in [3.05, 3.63) is 112 Å². The monoisotopic (exact) mass is 581 g/mol. The number of imidazole rings is 1. The van der Waals surface area contributed by atoms with Crippen molar-refractivity contribution in [2.75, 3.05) is 0 Å². The van der Waals surface area contributed by atoms with Crippen LogP contribution in [0.3, 0.4) is 0 Å². The van der Waals surface area contributed by atoms with Crippen LogP contribution in [0.25, 0.3) is 5.69 Å². The van der Waals surface area contributed by atoms with Gasteiger partial charge in [-0.2, -0.15) is 4.72 Å². The minimum Gasteiger partial charge on any atom is -0.478 e. The molecule has 11 heteroatoms. The maximum absolute atomic E-state index is 13.4. The van der Waals surface area contributed by atoms with Crippen LogP contribution in [0.15, 0.2) is 78.2 Å².